The van der Waals surface area contributed by atoms with Gasteiger partial charge in [0.15, 0.2) is 23.0 Å². The van der Waals surface area contributed by atoms with Crippen LogP contribution >= 0.6 is 0 Å². The van der Waals surface area contributed by atoms with Gasteiger partial charge in [0.05, 0.1) is 0 Å². The standard InChI is InChI=1S/C12H16N6/c1-3-5-15-11-9(7-13)17-10(8-14)12(18-11)16-6-4-2/h3-6H2,1-2H3,(H2,15,16,18). The molecule has 0 amide bonds. The number of hydrogen-bond donors (Lipinski definition) is 2. The number of rotatable bonds is 6. The Morgan fingerprint density at radius 3 is 1.67 bits per heavy atom. The van der Waals surface area contributed by atoms with Crippen molar-refractivity contribution in [3.8, 4) is 12.1 Å². The van der Waals surface area contributed by atoms with E-state index in [-0.39, 0.29) is 11.4 Å². The Morgan fingerprint density at radius 1 is 0.889 bits per heavy atom. The normalized spacial score (nSPS) is 9.33. The maximum Gasteiger partial charge on any atom is 0.184 e. The molecule has 0 aliphatic rings. The zero-order valence-corrected chi connectivity index (χ0v) is 10.6. The van der Waals surface area contributed by atoms with E-state index < -0.39 is 0 Å². The van der Waals surface area contributed by atoms with Crippen molar-refractivity contribution >= 4 is 11.6 Å². The minimum atomic E-state index is 0.155. The van der Waals surface area contributed by atoms with Crippen LogP contribution in [0.1, 0.15) is 38.1 Å². The largest absolute Gasteiger partial charge is 0.368 e. The molecule has 0 atom stereocenters. The molecule has 0 unspecified atom stereocenters. The summed E-state index contributed by atoms with van der Waals surface area (Å²) in [6.07, 6.45) is 1.84. The van der Waals surface area contributed by atoms with Crippen molar-refractivity contribution in [3.63, 3.8) is 0 Å². The van der Waals surface area contributed by atoms with Crippen LogP contribution in [0.4, 0.5) is 11.6 Å². The van der Waals surface area contributed by atoms with E-state index in [1.54, 1.807) is 0 Å². The highest BCUT2D eigenvalue weighted by molar-refractivity contribution is 5.58. The number of nitrogens with zero attached hydrogens (tertiary/aromatic N) is 4. The van der Waals surface area contributed by atoms with Crippen molar-refractivity contribution in [1.29, 1.82) is 10.5 Å². The molecular weight excluding hydrogens is 228 g/mol. The van der Waals surface area contributed by atoms with E-state index in [1.807, 2.05) is 26.0 Å². The summed E-state index contributed by atoms with van der Waals surface area (Å²) in [5, 5.41) is 24.0. The monoisotopic (exact) mass is 244 g/mol. The number of nitriles is 2. The van der Waals surface area contributed by atoms with E-state index in [2.05, 4.69) is 20.6 Å². The van der Waals surface area contributed by atoms with Gasteiger partial charge in [0.25, 0.3) is 0 Å². The molecule has 1 rings (SSSR count). The summed E-state index contributed by atoms with van der Waals surface area (Å²) in [6.45, 7) is 5.46. The average Bonchev–Trinajstić information content (AvgIpc) is 2.42. The van der Waals surface area contributed by atoms with Gasteiger partial charge in [-0.1, -0.05) is 13.8 Å². The summed E-state index contributed by atoms with van der Waals surface area (Å²) in [5.74, 6) is 0.855. The Bertz CT molecular complexity index is 441. The predicted molar refractivity (Wildman–Crippen MR) is 69.0 cm³/mol. The van der Waals surface area contributed by atoms with Crippen LogP contribution in [0.15, 0.2) is 0 Å². The average molecular weight is 244 g/mol. The first-order valence-electron chi connectivity index (χ1n) is 5.96. The fraction of sp³-hybridized carbons (Fsp3) is 0.500. The SMILES string of the molecule is CCCNc1nc(NCCC)c(C#N)nc1C#N. The van der Waals surface area contributed by atoms with Crippen molar-refractivity contribution in [1.82, 2.24) is 9.97 Å². The summed E-state index contributed by atoms with van der Waals surface area (Å²) in [6, 6.07) is 3.90. The molecule has 0 aromatic carbocycles. The van der Waals surface area contributed by atoms with Crippen molar-refractivity contribution in [2.45, 2.75) is 26.7 Å². The molecule has 0 fully saturated rings. The van der Waals surface area contributed by atoms with E-state index >= 15 is 0 Å². The second-order valence-electron chi connectivity index (χ2n) is 3.70. The van der Waals surface area contributed by atoms with Gasteiger partial charge in [0.1, 0.15) is 12.1 Å². The quantitative estimate of drug-likeness (QED) is 0.792. The van der Waals surface area contributed by atoms with Crippen LogP contribution in [0.5, 0.6) is 0 Å². The van der Waals surface area contributed by atoms with E-state index in [0.717, 1.165) is 12.8 Å². The highest BCUT2D eigenvalue weighted by atomic mass is 15.1. The smallest absolute Gasteiger partial charge is 0.184 e. The molecule has 6 nitrogen and oxygen atoms in total. The summed E-state index contributed by atoms with van der Waals surface area (Å²) in [7, 11) is 0. The van der Waals surface area contributed by atoms with Crippen LogP contribution in [0.2, 0.25) is 0 Å². The minimum absolute atomic E-state index is 0.155. The third kappa shape index (κ3) is 3.33. The molecule has 1 aromatic rings. The Labute approximate surface area is 107 Å². The topological polar surface area (TPSA) is 97.4 Å². The van der Waals surface area contributed by atoms with Crippen molar-refractivity contribution in [3.05, 3.63) is 11.4 Å². The lowest BCUT2D eigenvalue weighted by Crippen LogP contribution is -2.11. The predicted octanol–water partition coefficient (Wildman–Crippen LogP) is 1.86. The van der Waals surface area contributed by atoms with E-state index in [0.29, 0.717) is 24.7 Å². The third-order valence-corrected chi connectivity index (χ3v) is 2.19. The summed E-state index contributed by atoms with van der Waals surface area (Å²) in [5.41, 5.74) is 0.309. The number of hydrogen-bond acceptors (Lipinski definition) is 6. The first-order valence-corrected chi connectivity index (χ1v) is 5.96. The Kier molecular flexibility index (Phi) is 5.40. The highest BCUT2D eigenvalue weighted by Gasteiger charge is 2.12. The second-order valence-corrected chi connectivity index (χ2v) is 3.70. The zero-order valence-electron chi connectivity index (χ0n) is 10.6. The molecule has 0 aliphatic carbocycles. The summed E-state index contributed by atoms with van der Waals surface area (Å²) >= 11 is 0. The lowest BCUT2D eigenvalue weighted by molar-refractivity contribution is 0.942. The van der Waals surface area contributed by atoms with Gasteiger partial charge >= 0.3 is 0 Å². The van der Waals surface area contributed by atoms with Crippen molar-refractivity contribution in [2.75, 3.05) is 23.7 Å². The van der Waals surface area contributed by atoms with Crippen molar-refractivity contribution < 1.29 is 0 Å². The zero-order chi connectivity index (χ0) is 13.4. The van der Waals surface area contributed by atoms with Crippen LogP contribution in [-0.4, -0.2) is 23.1 Å². The van der Waals surface area contributed by atoms with Crippen LogP contribution < -0.4 is 10.6 Å². The number of aromatic nitrogens is 2. The fourth-order valence-electron chi connectivity index (χ4n) is 1.32. The van der Waals surface area contributed by atoms with Crippen LogP contribution in [0.3, 0.4) is 0 Å². The van der Waals surface area contributed by atoms with Gasteiger partial charge < -0.3 is 10.6 Å². The lowest BCUT2D eigenvalue weighted by Gasteiger charge is -2.10. The van der Waals surface area contributed by atoms with Gasteiger partial charge in [-0.15, -0.1) is 0 Å². The number of anilines is 2. The minimum Gasteiger partial charge on any atom is -0.368 e. The molecule has 0 radical (unpaired) electrons. The van der Waals surface area contributed by atoms with Crippen LogP contribution in [0, 0.1) is 22.7 Å². The van der Waals surface area contributed by atoms with Gasteiger partial charge in [-0.05, 0) is 12.8 Å². The molecule has 2 N–H and O–H groups in total. The molecule has 0 spiro atoms. The Morgan fingerprint density at radius 2 is 1.33 bits per heavy atom. The second kappa shape index (κ2) is 7.08. The molecule has 1 heterocycles. The Balaban J connectivity index is 3.10. The van der Waals surface area contributed by atoms with Gasteiger partial charge in [-0.25, -0.2) is 9.97 Å². The molecule has 94 valence electrons. The Hall–Kier alpha value is -2.34. The number of nitrogens with one attached hydrogen (secondary N) is 2. The van der Waals surface area contributed by atoms with Gasteiger partial charge in [-0.2, -0.15) is 10.5 Å². The maximum absolute atomic E-state index is 8.98. The van der Waals surface area contributed by atoms with Crippen LogP contribution in [-0.2, 0) is 0 Å². The van der Waals surface area contributed by atoms with E-state index in [1.165, 1.54) is 0 Å². The molecule has 18 heavy (non-hydrogen) atoms. The first-order chi connectivity index (χ1) is 8.76. The molecule has 0 aliphatic heterocycles. The first kappa shape index (κ1) is 13.7. The lowest BCUT2D eigenvalue weighted by atomic mass is 10.3. The summed E-state index contributed by atoms with van der Waals surface area (Å²) in [4.78, 5) is 8.27. The van der Waals surface area contributed by atoms with Crippen molar-refractivity contribution in [2.24, 2.45) is 0 Å². The van der Waals surface area contributed by atoms with E-state index in [4.69, 9.17) is 10.5 Å². The highest BCUT2D eigenvalue weighted by Crippen LogP contribution is 2.17. The van der Waals surface area contributed by atoms with E-state index in [9.17, 15) is 0 Å². The molecule has 0 saturated carbocycles. The molecule has 6 heteroatoms. The third-order valence-electron chi connectivity index (χ3n) is 2.19. The molecular formula is C12H16N6. The van der Waals surface area contributed by atoms with Gasteiger partial charge in [-0.3, -0.25) is 0 Å². The van der Waals surface area contributed by atoms with Gasteiger partial charge in [0, 0.05) is 13.1 Å². The molecule has 0 bridgehead atoms. The molecule has 0 saturated heterocycles. The molecule has 1 aromatic heterocycles. The summed E-state index contributed by atoms with van der Waals surface area (Å²) < 4.78 is 0. The van der Waals surface area contributed by atoms with Crippen LogP contribution in [0.25, 0.3) is 0 Å². The van der Waals surface area contributed by atoms with Gasteiger partial charge in [0.2, 0.25) is 0 Å². The maximum atomic E-state index is 8.98. The fourth-order valence-corrected chi connectivity index (χ4v) is 1.32.